The summed E-state index contributed by atoms with van der Waals surface area (Å²) in [7, 11) is 0. The van der Waals surface area contributed by atoms with Crippen LogP contribution in [-0.4, -0.2) is 105 Å². The molecule has 1 fully saturated rings. The molecule has 2 heterocycles. The molecule has 18 heteroatoms. The highest BCUT2D eigenvalue weighted by Crippen LogP contribution is 2.32. The summed E-state index contributed by atoms with van der Waals surface area (Å²) in [5.74, 6) is -9.09. The van der Waals surface area contributed by atoms with Crippen LogP contribution in [0.2, 0.25) is 0 Å². The maximum atomic E-state index is 14.4. The van der Waals surface area contributed by atoms with Gasteiger partial charge in [0.05, 0.1) is 5.52 Å². The van der Waals surface area contributed by atoms with Gasteiger partial charge in [-0.25, -0.2) is 19.0 Å². The van der Waals surface area contributed by atoms with Crippen molar-refractivity contribution < 1.29 is 66.4 Å². The van der Waals surface area contributed by atoms with Gasteiger partial charge >= 0.3 is 24.1 Å². The number of piperazine rings is 1. The van der Waals surface area contributed by atoms with Crippen LogP contribution in [0.25, 0.3) is 10.9 Å². The van der Waals surface area contributed by atoms with Gasteiger partial charge in [0.2, 0.25) is 12.0 Å². The molecule has 4 N–H and O–H groups in total. The maximum Gasteiger partial charge on any atom is 0.490 e. The summed E-state index contributed by atoms with van der Waals surface area (Å²) in [6.07, 6.45) is -6.78. The fourth-order valence-electron chi connectivity index (χ4n) is 5.54. The molecule has 1 aliphatic rings. The largest absolute Gasteiger partial charge is 0.490 e. The number of ether oxygens (including phenoxy) is 1. The number of aromatic nitrogens is 1. The van der Waals surface area contributed by atoms with Gasteiger partial charge in [0.25, 0.3) is 11.8 Å². The Morgan fingerprint density at radius 2 is 1.40 bits per heavy atom. The SMILES string of the molecule is Cc1cc(F)cc2c(OC(C(=O)O)c3ccccc3)cc(C(=O)NCCC(C(=O)O)C(=O)N3CCN(C(=O)c4ccccc4)CC3)nc12.O=C(O)C(F)(F)F. The molecule has 0 bridgehead atoms. The van der Waals surface area contributed by atoms with Crippen LogP contribution >= 0.6 is 0 Å². The Hall–Kier alpha value is -6.59. The quantitative estimate of drug-likeness (QED) is 0.125. The highest BCUT2D eigenvalue weighted by Gasteiger charge is 2.38. The number of aliphatic carboxylic acids is 3. The minimum absolute atomic E-state index is 0.0903. The van der Waals surface area contributed by atoms with E-state index in [9.17, 15) is 51.7 Å². The Labute approximate surface area is 309 Å². The molecule has 0 radical (unpaired) electrons. The lowest BCUT2D eigenvalue weighted by Gasteiger charge is -2.36. The van der Waals surface area contributed by atoms with E-state index in [0.717, 1.165) is 6.07 Å². The van der Waals surface area contributed by atoms with Gasteiger partial charge in [0.1, 0.15) is 23.2 Å². The van der Waals surface area contributed by atoms with Gasteiger partial charge in [-0.05, 0) is 43.2 Å². The number of nitrogens with one attached hydrogen (secondary N) is 1. The van der Waals surface area contributed by atoms with Crippen LogP contribution in [0.1, 0.15) is 44.5 Å². The van der Waals surface area contributed by atoms with Crippen molar-refractivity contribution in [1.29, 1.82) is 0 Å². The second-order valence-corrected chi connectivity index (χ2v) is 12.1. The molecule has 5 rings (SSSR count). The van der Waals surface area contributed by atoms with Crippen molar-refractivity contribution in [2.75, 3.05) is 32.7 Å². The molecule has 3 aromatic carbocycles. The number of hydrogen-bond donors (Lipinski definition) is 4. The molecule has 1 aromatic heterocycles. The third kappa shape index (κ3) is 10.7. The van der Waals surface area contributed by atoms with E-state index in [1.807, 2.05) is 0 Å². The number of amides is 3. The first-order valence-corrected chi connectivity index (χ1v) is 16.5. The molecule has 1 saturated heterocycles. The fraction of sp³-hybridized carbons (Fsp3) is 0.270. The summed E-state index contributed by atoms with van der Waals surface area (Å²) in [5, 5.41) is 29.6. The number of carboxylic acids is 3. The molecule has 14 nitrogen and oxygen atoms in total. The molecule has 0 spiro atoms. The molecule has 3 amide bonds. The van der Waals surface area contributed by atoms with Crippen molar-refractivity contribution in [1.82, 2.24) is 20.1 Å². The normalized spacial score (nSPS) is 13.8. The van der Waals surface area contributed by atoms with E-state index in [4.69, 9.17) is 14.6 Å². The number of halogens is 4. The van der Waals surface area contributed by atoms with Crippen LogP contribution < -0.4 is 10.1 Å². The highest BCUT2D eigenvalue weighted by molar-refractivity contribution is 5.99. The first-order chi connectivity index (χ1) is 26.0. The van der Waals surface area contributed by atoms with E-state index >= 15 is 0 Å². The number of aryl methyl sites for hydroxylation is 1. The van der Waals surface area contributed by atoms with E-state index in [1.54, 1.807) is 72.5 Å². The third-order valence-corrected chi connectivity index (χ3v) is 8.29. The van der Waals surface area contributed by atoms with E-state index in [1.165, 1.54) is 17.0 Å². The average molecular weight is 771 g/mol. The summed E-state index contributed by atoms with van der Waals surface area (Å²) < 4.78 is 52.0. The molecule has 2 unspecified atom stereocenters. The van der Waals surface area contributed by atoms with E-state index in [-0.39, 0.29) is 67.4 Å². The Bertz CT molecular complexity index is 2060. The van der Waals surface area contributed by atoms with Gasteiger partial charge in [-0.1, -0.05) is 48.5 Å². The third-order valence-electron chi connectivity index (χ3n) is 8.29. The Balaban J connectivity index is 0.000000876. The van der Waals surface area contributed by atoms with Crippen molar-refractivity contribution in [3.05, 3.63) is 107 Å². The van der Waals surface area contributed by atoms with Crippen molar-refractivity contribution >= 4 is 46.5 Å². The average Bonchev–Trinajstić information content (AvgIpc) is 3.15. The molecule has 0 aliphatic carbocycles. The predicted octanol–water partition coefficient (Wildman–Crippen LogP) is 4.33. The zero-order valence-electron chi connectivity index (χ0n) is 29.0. The van der Waals surface area contributed by atoms with E-state index in [0.29, 0.717) is 16.7 Å². The van der Waals surface area contributed by atoms with Crippen molar-refractivity contribution in [3.63, 3.8) is 0 Å². The lowest BCUT2D eigenvalue weighted by Crippen LogP contribution is -2.53. The van der Waals surface area contributed by atoms with E-state index < -0.39 is 53.7 Å². The minimum atomic E-state index is -5.08. The smallest absolute Gasteiger partial charge is 0.481 e. The number of alkyl halides is 3. The van der Waals surface area contributed by atoms with Crippen LogP contribution in [0.5, 0.6) is 5.75 Å². The molecule has 4 aromatic rings. The Kier molecular flexibility index (Phi) is 13.4. The zero-order valence-corrected chi connectivity index (χ0v) is 29.0. The standard InChI is InChI=1S/C35H33FN4O8.C2HF3O2/c1-21-18-24(36)19-26-28(48-30(35(46)47)22-8-4-2-5-9-22)20-27(38-29(21)26)31(41)37-13-12-25(34(44)45)33(43)40-16-14-39(15-17-40)32(42)23-10-6-3-7-11-23;3-2(4,5)1(6)7/h2-11,18-20,25,30H,12-17H2,1H3,(H,37,41)(H,44,45)(H,46,47);(H,6,7). The number of carbonyl (C=O) groups is 6. The Morgan fingerprint density at radius 3 is 1.95 bits per heavy atom. The lowest BCUT2D eigenvalue weighted by atomic mass is 10.0. The number of benzene rings is 3. The van der Waals surface area contributed by atoms with Crippen LogP contribution in [0.3, 0.4) is 0 Å². The summed E-state index contributed by atoms with van der Waals surface area (Å²) in [6.45, 7) is 2.20. The first kappa shape index (κ1) is 41.2. The number of nitrogens with zero attached hydrogens (tertiary/aromatic N) is 3. The van der Waals surface area contributed by atoms with Crippen molar-refractivity contribution in [3.8, 4) is 5.75 Å². The van der Waals surface area contributed by atoms with Gasteiger partial charge in [0.15, 0.2) is 0 Å². The van der Waals surface area contributed by atoms with Gasteiger partial charge in [-0.3, -0.25) is 19.2 Å². The monoisotopic (exact) mass is 770 g/mol. The van der Waals surface area contributed by atoms with Gasteiger partial charge in [-0.2, -0.15) is 13.2 Å². The molecule has 0 saturated carbocycles. The molecular weight excluding hydrogens is 736 g/mol. The number of pyridine rings is 1. The van der Waals surface area contributed by atoms with Crippen LogP contribution in [0.4, 0.5) is 17.6 Å². The molecule has 2 atom stereocenters. The van der Waals surface area contributed by atoms with Gasteiger partial charge in [0, 0.05) is 55.3 Å². The highest BCUT2D eigenvalue weighted by atomic mass is 19.4. The summed E-state index contributed by atoms with van der Waals surface area (Å²) >= 11 is 0. The molecular formula is C37H34F4N4O10. The number of rotatable bonds is 11. The first-order valence-electron chi connectivity index (χ1n) is 16.5. The second kappa shape index (κ2) is 18.0. The summed E-state index contributed by atoms with van der Waals surface area (Å²) in [6, 6.07) is 20.4. The van der Waals surface area contributed by atoms with Crippen molar-refractivity contribution in [2.45, 2.75) is 25.6 Å². The van der Waals surface area contributed by atoms with Crippen LogP contribution in [0, 0.1) is 18.7 Å². The lowest BCUT2D eigenvalue weighted by molar-refractivity contribution is -0.192. The number of hydrogen-bond acceptors (Lipinski definition) is 8. The van der Waals surface area contributed by atoms with Gasteiger partial charge < -0.3 is 35.2 Å². The topological polar surface area (TPSA) is 204 Å². The number of carboxylic acid groups (broad SMARTS) is 3. The van der Waals surface area contributed by atoms with Crippen molar-refractivity contribution in [2.24, 2.45) is 5.92 Å². The summed E-state index contributed by atoms with van der Waals surface area (Å²) in [4.78, 5) is 79.7. The number of fused-ring (bicyclic) bond motifs is 1. The molecule has 55 heavy (non-hydrogen) atoms. The van der Waals surface area contributed by atoms with Crippen LogP contribution in [-0.2, 0) is 19.2 Å². The minimum Gasteiger partial charge on any atom is -0.481 e. The van der Waals surface area contributed by atoms with Gasteiger partial charge in [-0.15, -0.1) is 0 Å². The fourth-order valence-corrected chi connectivity index (χ4v) is 5.54. The zero-order chi connectivity index (χ0) is 40.4. The van der Waals surface area contributed by atoms with E-state index in [2.05, 4.69) is 10.3 Å². The van der Waals surface area contributed by atoms with Crippen LogP contribution in [0.15, 0.2) is 78.9 Å². The molecule has 290 valence electrons. The predicted molar refractivity (Wildman–Crippen MR) is 185 cm³/mol. The number of carbonyl (C=O) groups excluding carboxylic acids is 3. The Morgan fingerprint density at radius 1 is 0.836 bits per heavy atom. The maximum absolute atomic E-state index is 14.4. The second-order valence-electron chi connectivity index (χ2n) is 12.1. The summed E-state index contributed by atoms with van der Waals surface area (Å²) in [5.41, 5.74) is 1.25. The molecule has 1 aliphatic heterocycles.